The summed E-state index contributed by atoms with van der Waals surface area (Å²) in [6, 6.07) is 4.08. The van der Waals surface area contributed by atoms with Crippen molar-refractivity contribution in [3.63, 3.8) is 0 Å². The van der Waals surface area contributed by atoms with Gasteiger partial charge >= 0.3 is 5.97 Å². The van der Waals surface area contributed by atoms with Gasteiger partial charge in [-0.3, -0.25) is 4.79 Å². The second-order valence-corrected chi connectivity index (χ2v) is 5.01. The van der Waals surface area contributed by atoms with Crippen LogP contribution in [0.4, 0.5) is 0 Å². The van der Waals surface area contributed by atoms with Crippen LogP contribution in [-0.4, -0.2) is 23.0 Å². The van der Waals surface area contributed by atoms with Crippen LogP contribution in [0.3, 0.4) is 0 Å². The van der Waals surface area contributed by atoms with Crippen molar-refractivity contribution in [2.45, 2.75) is 25.8 Å². The molecule has 0 spiro atoms. The molecule has 4 nitrogen and oxygen atoms in total. The SMILES string of the molecule is CCCC(NC(=O)/C=C/c1ccc(Cl)c(Cl)c1)C(=O)O. The van der Waals surface area contributed by atoms with E-state index in [9.17, 15) is 9.59 Å². The molecule has 0 fully saturated rings. The minimum atomic E-state index is -1.04. The summed E-state index contributed by atoms with van der Waals surface area (Å²) in [5.41, 5.74) is 0.705. The largest absolute Gasteiger partial charge is 0.480 e. The van der Waals surface area contributed by atoms with E-state index in [2.05, 4.69) is 5.32 Å². The van der Waals surface area contributed by atoms with Crippen LogP contribution in [0.2, 0.25) is 10.0 Å². The number of hydrogen-bond acceptors (Lipinski definition) is 2. The number of rotatable bonds is 6. The molecule has 0 aromatic heterocycles. The fraction of sp³-hybridized carbons (Fsp3) is 0.286. The first-order valence-electron chi connectivity index (χ1n) is 6.10. The molecule has 20 heavy (non-hydrogen) atoms. The van der Waals surface area contributed by atoms with Crippen LogP contribution in [0.5, 0.6) is 0 Å². The Hall–Kier alpha value is -1.52. The lowest BCUT2D eigenvalue weighted by atomic mass is 10.1. The number of amides is 1. The highest BCUT2D eigenvalue weighted by molar-refractivity contribution is 6.42. The van der Waals surface area contributed by atoms with Gasteiger partial charge in [0.1, 0.15) is 6.04 Å². The van der Waals surface area contributed by atoms with Crippen LogP contribution >= 0.6 is 23.2 Å². The summed E-state index contributed by atoms with van der Waals surface area (Å²) in [6.45, 7) is 1.85. The minimum absolute atomic E-state index is 0.391. The third-order valence-corrected chi connectivity index (χ3v) is 3.30. The molecule has 2 N–H and O–H groups in total. The van der Waals surface area contributed by atoms with Crippen molar-refractivity contribution < 1.29 is 14.7 Å². The predicted molar refractivity (Wildman–Crippen MR) is 80.0 cm³/mol. The Morgan fingerprint density at radius 1 is 1.35 bits per heavy atom. The maximum Gasteiger partial charge on any atom is 0.326 e. The maximum atomic E-state index is 11.6. The quantitative estimate of drug-likeness (QED) is 0.791. The molecule has 1 rings (SSSR count). The van der Waals surface area contributed by atoms with Crippen molar-refractivity contribution >= 4 is 41.2 Å². The van der Waals surface area contributed by atoms with Gasteiger partial charge in [-0.2, -0.15) is 0 Å². The summed E-state index contributed by atoms with van der Waals surface area (Å²) in [5.74, 6) is -1.50. The van der Waals surface area contributed by atoms with Crippen molar-refractivity contribution in [1.29, 1.82) is 0 Å². The molecule has 1 amide bonds. The third-order valence-electron chi connectivity index (χ3n) is 2.56. The molecule has 0 heterocycles. The van der Waals surface area contributed by atoms with E-state index in [-0.39, 0.29) is 0 Å². The van der Waals surface area contributed by atoms with E-state index in [1.165, 1.54) is 6.08 Å². The smallest absolute Gasteiger partial charge is 0.326 e. The fourth-order valence-corrected chi connectivity index (χ4v) is 1.86. The van der Waals surface area contributed by atoms with E-state index in [0.717, 1.165) is 0 Å². The zero-order valence-corrected chi connectivity index (χ0v) is 12.4. The van der Waals surface area contributed by atoms with Crippen LogP contribution in [0.15, 0.2) is 24.3 Å². The Morgan fingerprint density at radius 3 is 2.60 bits per heavy atom. The lowest BCUT2D eigenvalue weighted by Gasteiger charge is -2.11. The number of aliphatic carboxylic acids is 1. The first kappa shape index (κ1) is 16.5. The van der Waals surface area contributed by atoms with Crippen molar-refractivity contribution in [3.05, 3.63) is 39.9 Å². The molecule has 0 aliphatic carbocycles. The lowest BCUT2D eigenvalue weighted by Crippen LogP contribution is -2.39. The fourth-order valence-electron chi connectivity index (χ4n) is 1.55. The average molecular weight is 316 g/mol. The van der Waals surface area contributed by atoms with Crippen LogP contribution < -0.4 is 5.32 Å². The molecule has 1 aromatic carbocycles. The number of carboxylic acids is 1. The number of halogens is 2. The van der Waals surface area contributed by atoms with Gasteiger partial charge in [0.05, 0.1) is 10.0 Å². The Labute approximate surface area is 127 Å². The molecule has 0 aliphatic heterocycles. The van der Waals surface area contributed by atoms with Crippen LogP contribution in [0.1, 0.15) is 25.3 Å². The summed E-state index contributed by atoms with van der Waals surface area (Å²) in [6.07, 6.45) is 3.88. The first-order chi connectivity index (χ1) is 9.43. The first-order valence-corrected chi connectivity index (χ1v) is 6.86. The van der Waals surface area contributed by atoms with Crippen LogP contribution in [0.25, 0.3) is 6.08 Å². The Morgan fingerprint density at radius 2 is 2.05 bits per heavy atom. The highest BCUT2D eigenvalue weighted by atomic mass is 35.5. The van der Waals surface area contributed by atoms with Gasteiger partial charge in [-0.25, -0.2) is 4.79 Å². The molecule has 0 saturated carbocycles. The van der Waals surface area contributed by atoms with E-state index in [4.69, 9.17) is 28.3 Å². The summed E-state index contributed by atoms with van der Waals surface area (Å²) >= 11 is 11.6. The molecule has 0 radical (unpaired) electrons. The van der Waals surface area contributed by atoms with Crippen molar-refractivity contribution in [2.24, 2.45) is 0 Å². The second kappa shape index (κ2) is 7.92. The molecule has 1 unspecified atom stereocenters. The van der Waals surface area contributed by atoms with Crippen molar-refractivity contribution in [2.75, 3.05) is 0 Å². The Balaban J connectivity index is 2.67. The number of hydrogen-bond donors (Lipinski definition) is 2. The molecular weight excluding hydrogens is 301 g/mol. The van der Waals surface area contributed by atoms with Crippen LogP contribution in [0, 0.1) is 0 Å². The van der Waals surface area contributed by atoms with E-state index in [1.54, 1.807) is 24.3 Å². The summed E-state index contributed by atoms with van der Waals surface area (Å²) in [5, 5.41) is 12.2. The van der Waals surface area contributed by atoms with E-state index in [0.29, 0.717) is 28.5 Å². The molecule has 6 heteroatoms. The Kier molecular flexibility index (Phi) is 6.55. The van der Waals surface area contributed by atoms with Gasteiger partial charge in [-0.15, -0.1) is 0 Å². The van der Waals surface area contributed by atoms with Gasteiger partial charge in [0.15, 0.2) is 0 Å². The van der Waals surface area contributed by atoms with Gasteiger partial charge in [0.2, 0.25) is 5.91 Å². The number of nitrogens with one attached hydrogen (secondary N) is 1. The zero-order valence-electron chi connectivity index (χ0n) is 10.9. The maximum absolute atomic E-state index is 11.6. The number of carboxylic acid groups (broad SMARTS) is 1. The molecule has 108 valence electrons. The van der Waals surface area contributed by atoms with E-state index >= 15 is 0 Å². The summed E-state index contributed by atoms with van der Waals surface area (Å²) < 4.78 is 0. The lowest BCUT2D eigenvalue weighted by molar-refractivity contribution is -0.141. The predicted octanol–water partition coefficient (Wildman–Crippen LogP) is 3.38. The topological polar surface area (TPSA) is 66.4 Å². The third kappa shape index (κ3) is 5.23. The zero-order chi connectivity index (χ0) is 15.1. The van der Waals surface area contributed by atoms with Gasteiger partial charge in [0.25, 0.3) is 0 Å². The van der Waals surface area contributed by atoms with E-state index in [1.807, 2.05) is 6.92 Å². The van der Waals surface area contributed by atoms with Gasteiger partial charge in [-0.1, -0.05) is 42.6 Å². The summed E-state index contributed by atoms with van der Waals surface area (Å²) in [7, 11) is 0. The van der Waals surface area contributed by atoms with Crippen molar-refractivity contribution in [1.82, 2.24) is 5.32 Å². The number of carbonyl (C=O) groups is 2. The molecule has 0 aliphatic rings. The standard InChI is InChI=1S/C14H15Cl2NO3/c1-2-3-12(14(19)20)17-13(18)7-5-9-4-6-10(15)11(16)8-9/h4-8,12H,2-3H2,1H3,(H,17,18)(H,19,20)/b7-5+. The highest BCUT2D eigenvalue weighted by Crippen LogP contribution is 2.23. The van der Waals surface area contributed by atoms with Gasteiger partial charge < -0.3 is 10.4 Å². The van der Waals surface area contributed by atoms with Gasteiger partial charge in [-0.05, 0) is 30.2 Å². The molecule has 1 aromatic rings. The second-order valence-electron chi connectivity index (χ2n) is 4.19. The normalized spacial score (nSPS) is 12.3. The molecule has 0 bridgehead atoms. The van der Waals surface area contributed by atoms with Crippen molar-refractivity contribution in [3.8, 4) is 0 Å². The summed E-state index contributed by atoms with van der Waals surface area (Å²) in [4.78, 5) is 22.5. The molecule has 1 atom stereocenters. The molecular formula is C14H15Cl2NO3. The molecule has 0 saturated heterocycles. The number of benzene rings is 1. The van der Waals surface area contributed by atoms with Gasteiger partial charge in [0, 0.05) is 6.08 Å². The monoisotopic (exact) mass is 315 g/mol. The minimum Gasteiger partial charge on any atom is -0.480 e. The van der Waals surface area contributed by atoms with E-state index < -0.39 is 17.9 Å². The average Bonchev–Trinajstić information content (AvgIpc) is 2.39. The number of carbonyl (C=O) groups excluding carboxylic acids is 1. The Bertz CT molecular complexity index is 529. The van der Waals surface area contributed by atoms with Crippen LogP contribution in [-0.2, 0) is 9.59 Å². The highest BCUT2D eigenvalue weighted by Gasteiger charge is 2.17.